The number of urea groups is 1. The standard InChI is InChI=1S/C18H22N4O3/c1-13-10-14(11-20-24-3)8-9-17(13)25-12-15-6-4-5-7-16(15)21-18(23)22(2)19/h4-11H,12,19H2,1-3H3,(H,21,23). The highest BCUT2D eigenvalue weighted by Gasteiger charge is 2.09. The number of aryl methyl sites for hydroxylation is 1. The maximum absolute atomic E-state index is 11.7. The molecule has 0 bridgehead atoms. The van der Waals surface area contributed by atoms with Gasteiger partial charge in [-0.3, -0.25) is 5.01 Å². The van der Waals surface area contributed by atoms with E-state index in [0.29, 0.717) is 12.3 Å². The molecule has 0 heterocycles. The number of oxime groups is 1. The van der Waals surface area contributed by atoms with Crippen LogP contribution in [0.15, 0.2) is 47.6 Å². The van der Waals surface area contributed by atoms with Gasteiger partial charge in [-0.1, -0.05) is 23.4 Å². The van der Waals surface area contributed by atoms with Gasteiger partial charge in [-0.15, -0.1) is 0 Å². The largest absolute Gasteiger partial charge is 0.489 e. The van der Waals surface area contributed by atoms with Crippen molar-refractivity contribution in [3.05, 3.63) is 59.2 Å². The van der Waals surface area contributed by atoms with Crippen molar-refractivity contribution in [1.82, 2.24) is 5.01 Å². The van der Waals surface area contributed by atoms with Crippen LogP contribution in [0.3, 0.4) is 0 Å². The molecule has 0 saturated carbocycles. The second-order valence-electron chi connectivity index (χ2n) is 5.43. The number of amides is 2. The molecular formula is C18H22N4O3. The topological polar surface area (TPSA) is 89.2 Å². The highest BCUT2D eigenvalue weighted by molar-refractivity contribution is 5.89. The lowest BCUT2D eigenvalue weighted by molar-refractivity contribution is 0.215. The molecule has 0 fully saturated rings. The molecule has 7 heteroatoms. The van der Waals surface area contributed by atoms with Gasteiger partial charge in [0.05, 0.1) is 6.21 Å². The number of benzene rings is 2. The lowest BCUT2D eigenvalue weighted by Crippen LogP contribution is -2.37. The second-order valence-corrected chi connectivity index (χ2v) is 5.43. The Balaban J connectivity index is 2.09. The summed E-state index contributed by atoms with van der Waals surface area (Å²) in [6.45, 7) is 2.27. The van der Waals surface area contributed by atoms with Gasteiger partial charge in [0.25, 0.3) is 0 Å². The predicted molar refractivity (Wildman–Crippen MR) is 97.5 cm³/mol. The van der Waals surface area contributed by atoms with Crippen LogP contribution in [0.4, 0.5) is 10.5 Å². The number of anilines is 1. The first kappa shape index (κ1) is 18.3. The van der Waals surface area contributed by atoms with Crippen LogP contribution in [0.5, 0.6) is 5.75 Å². The van der Waals surface area contributed by atoms with Crippen LogP contribution in [-0.2, 0) is 11.4 Å². The first-order chi connectivity index (χ1) is 12.0. The van der Waals surface area contributed by atoms with Crippen molar-refractivity contribution in [2.45, 2.75) is 13.5 Å². The molecule has 0 spiro atoms. The van der Waals surface area contributed by atoms with Gasteiger partial charge in [0.2, 0.25) is 0 Å². The number of para-hydroxylation sites is 1. The maximum Gasteiger partial charge on any atom is 0.335 e. The number of hydrogen-bond donors (Lipinski definition) is 2. The number of hydrogen-bond acceptors (Lipinski definition) is 5. The van der Waals surface area contributed by atoms with E-state index in [1.165, 1.54) is 14.2 Å². The summed E-state index contributed by atoms with van der Waals surface area (Å²) in [5, 5.41) is 7.47. The summed E-state index contributed by atoms with van der Waals surface area (Å²) in [5.41, 5.74) is 3.40. The predicted octanol–water partition coefficient (Wildman–Crippen LogP) is 2.89. The van der Waals surface area contributed by atoms with Crippen LogP contribution in [-0.4, -0.2) is 31.4 Å². The Kier molecular flexibility index (Phi) is 6.36. The summed E-state index contributed by atoms with van der Waals surface area (Å²) >= 11 is 0. The molecule has 3 N–H and O–H groups in total. The SMILES string of the molecule is CON=Cc1ccc(OCc2ccccc2NC(=O)N(C)N)c(C)c1. The molecule has 0 unspecified atom stereocenters. The highest BCUT2D eigenvalue weighted by Crippen LogP contribution is 2.22. The Morgan fingerprint density at radius 1 is 1.32 bits per heavy atom. The molecule has 0 atom stereocenters. The lowest BCUT2D eigenvalue weighted by Gasteiger charge is -2.16. The minimum atomic E-state index is -0.398. The summed E-state index contributed by atoms with van der Waals surface area (Å²) in [5.74, 6) is 6.19. The molecule has 25 heavy (non-hydrogen) atoms. The minimum absolute atomic E-state index is 0.317. The third kappa shape index (κ3) is 5.22. The smallest absolute Gasteiger partial charge is 0.335 e. The van der Waals surface area contributed by atoms with E-state index in [1.54, 1.807) is 12.3 Å². The number of nitrogens with zero attached hydrogens (tertiary/aromatic N) is 2. The van der Waals surface area contributed by atoms with Gasteiger partial charge in [-0.05, 0) is 42.3 Å². The molecule has 0 aliphatic carbocycles. The fourth-order valence-electron chi connectivity index (χ4n) is 2.16. The van der Waals surface area contributed by atoms with Crippen molar-refractivity contribution in [3.63, 3.8) is 0 Å². The molecule has 0 aromatic heterocycles. The zero-order chi connectivity index (χ0) is 18.2. The van der Waals surface area contributed by atoms with E-state index < -0.39 is 6.03 Å². The number of ether oxygens (including phenoxy) is 1. The molecule has 0 aliphatic rings. The molecule has 0 aliphatic heterocycles. The molecule has 2 aromatic rings. The van der Waals surface area contributed by atoms with Crippen molar-refractivity contribution >= 4 is 17.9 Å². The average Bonchev–Trinajstić information content (AvgIpc) is 2.60. The summed E-state index contributed by atoms with van der Waals surface area (Å²) in [6, 6.07) is 12.7. The fraction of sp³-hybridized carbons (Fsp3) is 0.222. The normalized spacial score (nSPS) is 10.6. The lowest BCUT2D eigenvalue weighted by atomic mass is 10.1. The first-order valence-corrected chi connectivity index (χ1v) is 7.68. The summed E-state index contributed by atoms with van der Waals surface area (Å²) in [7, 11) is 2.98. The van der Waals surface area contributed by atoms with Gasteiger partial charge in [0, 0.05) is 18.3 Å². The van der Waals surface area contributed by atoms with Gasteiger partial charge in [-0.2, -0.15) is 0 Å². The highest BCUT2D eigenvalue weighted by atomic mass is 16.6. The van der Waals surface area contributed by atoms with E-state index in [4.69, 9.17) is 10.6 Å². The van der Waals surface area contributed by atoms with E-state index in [2.05, 4.69) is 15.3 Å². The summed E-state index contributed by atoms with van der Waals surface area (Å²) < 4.78 is 5.89. The third-order valence-electron chi connectivity index (χ3n) is 3.47. The number of carbonyl (C=O) groups is 1. The monoisotopic (exact) mass is 342 g/mol. The van der Waals surface area contributed by atoms with Crippen LogP contribution in [0.2, 0.25) is 0 Å². The number of nitrogens with one attached hydrogen (secondary N) is 1. The fourth-order valence-corrected chi connectivity index (χ4v) is 2.16. The zero-order valence-electron chi connectivity index (χ0n) is 14.5. The summed E-state index contributed by atoms with van der Waals surface area (Å²) in [4.78, 5) is 16.4. The van der Waals surface area contributed by atoms with Crippen LogP contribution in [0, 0.1) is 6.92 Å². The van der Waals surface area contributed by atoms with Gasteiger partial charge in [0.1, 0.15) is 19.5 Å². The number of nitrogens with two attached hydrogens (primary N) is 1. The molecule has 2 aromatic carbocycles. The number of rotatable bonds is 6. The van der Waals surface area contributed by atoms with Crippen LogP contribution in [0.1, 0.15) is 16.7 Å². The third-order valence-corrected chi connectivity index (χ3v) is 3.47. The Hall–Kier alpha value is -3.06. The molecular weight excluding hydrogens is 320 g/mol. The maximum atomic E-state index is 11.7. The Morgan fingerprint density at radius 2 is 2.08 bits per heavy atom. The van der Waals surface area contributed by atoms with E-state index in [-0.39, 0.29) is 0 Å². The minimum Gasteiger partial charge on any atom is -0.489 e. The van der Waals surface area contributed by atoms with Gasteiger partial charge in [-0.25, -0.2) is 10.6 Å². The van der Waals surface area contributed by atoms with Crippen molar-refractivity contribution in [3.8, 4) is 5.75 Å². The van der Waals surface area contributed by atoms with Crippen molar-refractivity contribution in [2.75, 3.05) is 19.5 Å². The van der Waals surface area contributed by atoms with Crippen LogP contribution >= 0.6 is 0 Å². The van der Waals surface area contributed by atoms with Gasteiger partial charge in [0.15, 0.2) is 0 Å². The molecule has 2 rings (SSSR count). The van der Waals surface area contributed by atoms with Gasteiger partial charge < -0.3 is 14.9 Å². The van der Waals surface area contributed by atoms with E-state index in [0.717, 1.165) is 27.4 Å². The number of hydrazine groups is 1. The average molecular weight is 342 g/mol. The van der Waals surface area contributed by atoms with Crippen molar-refractivity contribution < 1.29 is 14.4 Å². The molecule has 0 saturated heterocycles. The van der Waals surface area contributed by atoms with Crippen LogP contribution in [0.25, 0.3) is 0 Å². The van der Waals surface area contributed by atoms with E-state index in [1.807, 2.05) is 43.3 Å². The summed E-state index contributed by atoms with van der Waals surface area (Å²) in [6.07, 6.45) is 1.63. The Labute approximate surface area is 147 Å². The molecule has 2 amide bonds. The quantitative estimate of drug-likeness (QED) is 0.366. The Morgan fingerprint density at radius 3 is 2.76 bits per heavy atom. The van der Waals surface area contributed by atoms with Crippen molar-refractivity contribution in [1.29, 1.82) is 0 Å². The number of carbonyl (C=O) groups excluding carboxylic acids is 1. The zero-order valence-corrected chi connectivity index (χ0v) is 14.5. The van der Waals surface area contributed by atoms with Crippen molar-refractivity contribution in [2.24, 2.45) is 11.0 Å². The Bertz CT molecular complexity index is 760. The van der Waals surface area contributed by atoms with E-state index in [9.17, 15) is 4.79 Å². The van der Waals surface area contributed by atoms with E-state index >= 15 is 0 Å². The van der Waals surface area contributed by atoms with Crippen LogP contribution < -0.4 is 15.9 Å². The molecule has 132 valence electrons. The first-order valence-electron chi connectivity index (χ1n) is 7.68. The van der Waals surface area contributed by atoms with Gasteiger partial charge >= 0.3 is 6.03 Å². The molecule has 7 nitrogen and oxygen atoms in total. The molecule has 0 radical (unpaired) electrons. The second kappa shape index (κ2) is 8.70.